The van der Waals surface area contributed by atoms with Crippen LogP contribution in [0.1, 0.15) is 82.3 Å². The number of unbranched alkanes of at least 4 members (excludes halogenated alkanes) is 9. The van der Waals surface area contributed by atoms with Crippen LogP contribution in [0.5, 0.6) is 0 Å². The number of rotatable bonds is 21. The van der Waals surface area contributed by atoms with Gasteiger partial charge in [-0.25, -0.2) is 0 Å². The van der Waals surface area contributed by atoms with Gasteiger partial charge in [0.2, 0.25) is 0 Å². The summed E-state index contributed by atoms with van der Waals surface area (Å²) in [5, 5.41) is 10.7. The minimum atomic E-state index is -1.03. The van der Waals surface area contributed by atoms with Gasteiger partial charge >= 0.3 is 0 Å². The Morgan fingerprint density at radius 2 is 1.31 bits per heavy atom. The van der Waals surface area contributed by atoms with Gasteiger partial charge in [0, 0.05) is 0 Å². The van der Waals surface area contributed by atoms with E-state index in [0.29, 0.717) is 37.5 Å². The molecule has 0 N–H and O–H groups in total. The monoisotopic (exact) mass is 449 g/mol. The highest BCUT2D eigenvalue weighted by molar-refractivity contribution is 5.65. The molecule has 0 aromatic heterocycles. The fourth-order valence-electron chi connectivity index (χ4n) is 3.77. The summed E-state index contributed by atoms with van der Waals surface area (Å²) in [4.78, 5) is 10.7. The number of hydrogen-bond donors (Lipinski definition) is 0. The highest BCUT2D eigenvalue weighted by atomic mass is 16.5. The van der Waals surface area contributed by atoms with Gasteiger partial charge in [0.1, 0.15) is 13.1 Å². The van der Waals surface area contributed by atoms with Crippen LogP contribution in [0, 0.1) is 0 Å². The highest BCUT2D eigenvalue weighted by Gasteiger charge is 2.14. The van der Waals surface area contributed by atoms with E-state index in [1.54, 1.807) is 0 Å². The SMILES string of the molecule is CCCCCCCCCCCCc1ccc(COCCOCC[N+](C)(C)CC(=O)[O-])cc1. The van der Waals surface area contributed by atoms with E-state index in [-0.39, 0.29) is 6.54 Å². The molecule has 0 amide bonds. The Morgan fingerprint density at radius 1 is 0.781 bits per heavy atom. The largest absolute Gasteiger partial charge is 0.544 e. The molecule has 0 heterocycles. The van der Waals surface area contributed by atoms with Gasteiger partial charge in [0.15, 0.2) is 0 Å². The summed E-state index contributed by atoms with van der Waals surface area (Å²) >= 11 is 0. The van der Waals surface area contributed by atoms with Crippen molar-refractivity contribution in [1.82, 2.24) is 0 Å². The van der Waals surface area contributed by atoms with E-state index in [1.165, 1.54) is 75.3 Å². The van der Waals surface area contributed by atoms with Gasteiger partial charge in [-0.3, -0.25) is 0 Å². The molecule has 0 saturated carbocycles. The standard InChI is InChI=1S/C27H47NO4/c1-4-5-6-7-8-9-10-11-12-13-14-25-15-17-26(18-16-25)24-32-22-21-31-20-19-28(2,3)23-27(29)30/h15-18H,4-14,19-24H2,1-3H3. The van der Waals surface area contributed by atoms with E-state index in [9.17, 15) is 9.90 Å². The predicted octanol–water partition coefficient (Wildman–Crippen LogP) is 4.51. The molecule has 32 heavy (non-hydrogen) atoms. The number of nitrogens with zero attached hydrogens (tertiary/aromatic N) is 1. The van der Waals surface area contributed by atoms with E-state index in [0.717, 1.165) is 6.42 Å². The van der Waals surface area contributed by atoms with E-state index in [4.69, 9.17) is 9.47 Å². The third kappa shape index (κ3) is 16.2. The van der Waals surface area contributed by atoms with Crippen molar-refractivity contribution >= 4 is 5.97 Å². The van der Waals surface area contributed by atoms with Crippen molar-refractivity contribution < 1.29 is 23.9 Å². The molecule has 0 aliphatic heterocycles. The Hall–Kier alpha value is -1.43. The highest BCUT2D eigenvalue weighted by Crippen LogP contribution is 2.13. The second kappa shape index (κ2) is 18.0. The average Bonchev–Trinajstić information content (AvgIpc) is 2.74. The molecule has 0 spiro atoms. The Morgan fingerprint density at radius 3 is 1.91 bits per heavy atom. The maximum Gasteiger partial charge on any atom is 0.119 e. The van der Waals surface area contributed by atoms with Crippen LogP contribution in [0.4, 0.5) is 0 Å². The Balaban J connectivity index is 2.00. The molecular weight excluding hydrogens is 402 g/mol. The molecule has 184 valence electrons. The molecule has 0 fully saturated rings. The summed E-state index contributed by atoms with van der Waals surface area (Å²) in [6, 6.07) is 8.76. The molecule has 0 radical (unpaired) electrons. The van der Waals surface area contributed by atoms with Crippen molar-refractivity contribution in [3.05, 3.63) is 35.4 Å². The summed E-state index contributed by atoms with van der Waals surface area (Å²) in [6.07, 6.45) is 14.9. The van der Waals surface area contributed by atoms with Gasteiger partial charge in [-0.2, -0.15) is 0 Å². The Labute approximate surface area is 196 Å². The normalized spacial score (nSPS) is 11.7. The van der Waals surface area contributed by atoms with Crippen molar-refractivity contribution in [2.75, 3.05) is 47.0 Å². The van der Waals surface area contributed by atoms with Crippen LogP contribution < -0.4 is 5.11 Å². The van der Waals surface area contributed by atoms with Crippen molar-refractivity contribution in [1.29, 1.82) is 0 Å². The van der Waals surface area contributed by atoms with Crippen molar-refractivity contribution in [3.63, 3.8) is 0 Å². The maximum atomic E-state index is 10.7. The molecule has 5 nitrogen and oxygen atoms in total. The number of aliphatic carboxylic acids is 1. The lowest BCUT2D eigenvalue weighted by molar-refractivity contribution is -0.885. The van der Waals surface area contributed by atoms with Gasteiger partial charge in [-0.15, -0.1) is 0 Å². The number of carbonyl (C=O) groups is 1. The summed E-state index contributed by atoms with van der Waals surface area (Å²) in [7, 11) is 3.71. The zero-order valence-electron chi connectivity index (χ0n) is 20.9. The van der Waals surface area contributed by atoms with Crippen LogP contribution in [0.2, 0.25) is 0 Å². The van der Waals surface area contributed by atoms with Crippen LogP contribution in [0.3, 0.4) is 0 Å². The van der Waals surface area contributed by atoms with Crippen molar-refractivity contribution in [2.45, 2.75) is 84.2 Å². The number of carboxylic acid groups (broad SMARTS) is 1. The molecule has 1 aromatic rings. The van der Waals surface area contributed by atoms with Crippen molar-refractivity contribution in [3.8, 4) is 0 Å². The van der Waals surface area contributed by atoms with Gasteiger partial charge in [0.05, 0.1) is 46.5 Å². The van der Waals surface area contributed by atoms with Crippen molar-refractivity contribution in [2.24, 2.45) is 0 Å². The number of aryl methyl sites for hydroxylation is 1. The van der Waals surface area contributed by atoms with Crippen LogP contribution in [-0.4, -0.2) is 57.5 Å². The second-order valence-electron chi connectivity index (χ2n) is 9.60. The minimum absolute atomic E-state index is 0.00491. The molecule has 0 bridgehead atoms. The first-order chi connectivity index (χ1) is 15.4. The third-order valence-corrected chi connectivity index (χ3v) is 5.88. The molecule has 0 aliphatic rings. The van der Waals surface area contributed by atoms with Gasteiger partial charge < -0.3 is 23.9 Å². The van der Waals surface area contributed by atoms with Gasteiger partial charge in [0.25, 0.3) is 0 Å². The van der Waals surface area contributed by atoms with E-state index >= 15 is 0 Å². The number of carboxylic acids is 1. The summed E-state index contributed by atoms with van der Waals surface area (Å²) in [5.41, 5.74) is 2.59. The number of ether oxygens (including phenoxy) is 2. The third-order valence-electron chi connectivity index (χ3n) is 5.88. The molecule has 0 saturated heterocycles. The topological polar surface area (TPSA) is 58.6 Å². The summed E-state index contributed by atoms with van der Waals surface area (Å²) in [6.45, 7) is 5.06. The number of carbonyl (C=O) groups excluding carboxylic acids is 1. The van der Waals surface area contributed by atoms with E-state index < -0.39 is 5.97 Å². The van der Waals surface area contributed by atoms with Gasteiger partial charge in [-0.05, 0) is 24.0 Å². The minimum Gasteiger partial charge on any atom is -0.544 e. The van der Waals surface area contributed by atoms with Crippen LogP contribution >= 0.6 is 0 Å². The number of likely N-dealkylation sites (N-methyl/N-ethyl adjacent to an activating group) is 1. The lowest BCUT2D eigenvalue weighted by Gasteiger charge is -2.29. The average molecular weight is 450 g/mol. The quantitative estimate of drug-likeness (QED) is 0.205. The lowest BCUT2D eigenvalue weighted by Crippen LogP contribution is -2.49. The molecule has 0 aliphatic carbocycles. The van der Waals surface area contributed by atoms with Crippen LogP contribution in [0.25, 0.3) is 0 Å². The summed E-state index contributed by atoms with van der Waals surface area (Å²) < 4.78 is 11.6. The molecule has 0 unspecified atom stereocenters. The van der Waals surface area contributed by atoms with E-state index in [1.807, 2.05) is 14.1 Å². The first-order valence-electron chi connectivity index (χ1n) is 12.7. The number of hydrogen-bond acceptors (Lipinski definition) is 4. The summed E-state index contributed by atoms with van der Waals surface area (Å²) in [5.74, 6) is -1.03. The second-order valence-corrected chi connectivity index (χ2v) is 9.60. The first-order valence-corrected chi connectivity index (χ1v) is 12.7. The zero-order valence-corrected chi connectivity index (χ0v) is 20.9. The molecule has 5 heteroatoms. The zero-order chi connectivity index (χ0) is 23.5. The van der Waals surface area contributed by atoms with Crippen LogP contribution in [0.15, 0.2) is 24.3 Å². The fraction of sp³-hybridized carbons (Fsp3) is 0.741. The Kier molecular flexibility index (Phi) is 16.1. The lowest BCUT2D eigenvalue weighted by atomic mass is 10.0. The fourth-order valence-corrected chi connectivity index (χ4v) is 3.77. The molecule has 1 aromatic carbocycles. The number of quaternary nitrogens is 1. The first kappa shape index (κ1) is 28.6. The molecular formula is C27H47NO4. The maximum absolute atomic E-state index is 10.7. The molecule has 0 atom stereocenters. The molecule has 1 rings (SSSR count). The smallest absolute Gasteiger partial charge is 0.119 e. The van der Waals surface area contributed by atoms with Crippen LogP contribution in [-0.2, 0) is 27.3 Å². The number of benzene rings is 1. The van der Waals surface area contributed by atoms with Gasteiger partial charge in [-0.1, -0.05) is 89.0 Å². The Bertz CT molecular complexity index is 586. The predicted molar refractivity (Wildman–Crippen MR) is 129 cm³/mol. The van der Waals surface area contributed by atoms with E-state index in [2.05, 4.69) is 31.2 Å².